The fourth-order valence-electron chi connectivity index (χ4n) is 1.70. The number of nitro groups is 1. The molecule has 0 unspecified atom stereocenters. The summed E-state index contributed by atoms with van der Waals surface area (Å²) in [6.07, 6.45) is 0. The van der Waals surface area contributed by atoms with E-state index in [-0.39, 0.29) is 18.2 Å². The number of carbonyl (C=O) groups excluding carboxylic acids is 1. The minimum absolute atomic E-state index is 0.0319. The number of amides is 1. The third-order valence-electron chi connectivity index (χ3n) is 2.85. The van der Waals surface area contributed by atoms with Crippen LogP contribution in [0.4, 0.5) is 5.69 Å². The zero-order valence-corrected chi connectivity index (χ0v) is 12.2. The summed E-state index contributed by atoms with van der Waals surface area (Å²) in [5.41, 5.74) is 0.781. The van der Waals surface area contributed by atoms with E-state index in [4.69, 9.17) is 16.3 Å². The lowest BCUT2D eigenvalue weighted by atomic mass is 10.2. The van der Waals surface area contributed by atoms with Gasteiger partial charge in [0.05, 0.1) is 4.92 Å². The van der Waals surface area contributed by atoms with E-state index >= 15 is 0 Å². The van der Waals surface area contributed by atoms with Crippen molar-refractivity contribution in [3.8, 4) is 5.75 Å². The van der Waals surface area contributed by atoms with Crippen molar-refractivity contribution in [1.82, 2.24) is 5.32 Å². The molecule has 1 N–H and O–H groups in total. The van der Waals surface area contributed by atoms with Crippen LogP contribution in [0.2, 0.25) is 5.02 Å². The smallest absolute Gasteiger partial charge is 0.269 e. The average Bonchev–Trinajstić information content (AvgIpc) is 2.52. The molecule has 114 valence electrons. The molecule has 6 nitrogen and oxygen atoms in total. The number of carbonyl (C=O) groups is 1. The quantitative estimate of drug-likeness (QED) is 0.655. The first kappa shape index (κ1) is 15.8. The molecule has 0 saturated heterocycles. The van der Waals surface area contributed by atoms with Crippen LogP contribution in [0.5, 0.6) is 5.75 Å². The molecular formula is C15H13ClN2O4. The maximum Gasteiger partial charge on any atom is 0.269 e. The third kappa shape index (κ3) is 4.46. The van der Waals surface area contributed by atoms with Gasteiger partial charge in [-0.05, 0) is 23.8 Å². The topological polar surface area (TPSA) is 81.5 Å². The second-order valence-corrected chi connectivity index (χ2v) is 4.82. The Morgan fingerprint density at radius 1 is 1.18 bits per heavy atom. The van der Waals surface area contributed by atoms with Gasteiger partial charge in [0.2, 0.25) is 0 Å². The molecule has 0 atom stereocenters. The number of nitrogens with one attached hydrogen (secondary N) is 1. The Bertz CT molecular complexity index is 673. The van der Waals surface area contributed by atoms with Gasteiger partial charge in [0.15, 0.2) is 6.61 Å². The van der Waals surface area contributed by atoms with Crippen molar-refractivity contribution in [3.63, 3.8) is 0 Å². The monoisotopic (exact) mass is 320 g/mol. The van der Waals surface area contributed by atoms with Crippen LogP contribution in [0.15, 0.2) is 48.5 Å². The van der Waals surface area contributed by atoms with Crippen LogP contribution in [0.1, 0.15) is 5.56 Å². The molecule has 7 heteroatoms. The highest BCUT2D eigenvalue weighted by Gasteiger charge is 2.07. The van der Waals surface area contributed by atoms with Crippen molar-refractivity contribution < 1.29 is 14.5 Å². The number of non-ortho nitro benzene ring substituents is 1. The highest BCUT2D eigenvalue weighted by Crippen LogP contribution is 2.17. The molecule has 2 rings (SSSR count). The minimum Gasteiger partial charge on any atom is -0.484 e. The van der Waals surface area contributed by atoms with Crippen LogP contribution < -0.4 is 10.1 Å². The van der Waals surface area contributed by atoms with E-state index in [0.717, 1.165) is 5.56 Å². The lowest BCUT2D eigenvalue weighted by Crippen LogP contribution is -2.28. The first-order valence-corrected chi connectivity index (χ1v) is 6.81. The maximum absolute atomic E-state index is 11.7. The van der Waals surface area contributed by atoms with Gasteiger partial charge in [0.1, 0.15) is 5.75 Å². The van der Waals surface area contributed by atoms with Crippen molar-refractivity contribution in [2.24, 2.45) is 0 Å². The number of halogens is 1. The van der Waals surface area contributed by atoms with E-state index in [1.165, 1.54) is 24.3 Å². The van der Waals surface area contributed by atoms with Crippen LogP contribution in [-0.4, -0.2) is 17.4 Å². The zero-order valence-electron chi connectivity index (χ0n) is 11.5. The van der Waals surface area contributed by atoms with E-state index in [9.17, 15) is 14.9 Å². The number of nitro benzene ring substituents is 1. The summed E-state index contributed by atoms with van der Waals surface area (Å²) in [5.74, 6) is 0.0803. The van der Waals surface area contributed by atoms with Gasteiger partial charge in [-0.1, -0.05) is 29.8 Å². The van der Waals surface area contributed by atoms with Crippen molar-refractivity contribution in [3.05, 3.63) is 69.2 Å². The summed E-state index contributed by atoms with van der Waals surface area (Å²) in [4.78, 5) is 21.7. The van der Waals surface area contributed by atoms with Gasteiger partial charge in [-0.25, -0.2) is 0 Å². The Kier molecular flexibility index (Phi) is 5.32. The molecule has 0 aliphatic heterocycles. The Labute approximate surface area is 131 Å². The van der Waals surface area contributed by atoms with Crippen LogP contribution in [0.3, 0.4) is 0 Å². The lowest BCUT2D eigenvalue weighted by Gasteiger charge is -2.08. The minimum atomic E-state index is -0.500. The summed E-state index contributed by atoms with van der Waals surface area (Å²) in [7, 11) is 0. The van der Waals surface area contributed by atoms with E-state index in [1.54, 1.807) is 6.07 Å². The zero-order chi connectivity index (χ0) is 15.9. The fraction of sp³-hybridized carbons (Fsp3) is 0.133. The number of nitrogens with zero attached hydrogens (tertiary/aromatic N) is 1. The van der Waals surface area contributed by atoms with Crippen LogP contribution >= 0.6 is 11.6 Å². The highest BCUT2D eigenvalue weighted by atomic mass is 35.5. The van der Waals surface area contributed by atoms with Gasteiger partial charge in [-0.3, -0.25) is 14.9 Å². The Morgan fingerprint density at radius 2 is 1.86 bits per heavy atom. The second kappa shape index (κ2) is 7.42. The number of hydrogen-bond donors (Lipinski definition) is 1. The van der Waals surface area contributed by atoms with Crippen LogP contribution in [0.25, 0.3) is 0 Å². The molecule has 2 aromatic rings. The number of ether oxygens (including phenoxy) is 1. The van der Waals surface area contributed by atoms with Crippen LogP contribution in [-0.2, 0) is 11.3 Å². The van der Waals surface area contributed by atoms with E-state index in [1.807, 2.05) is 18.2 Å². The fourth-order valence-corrected chi connectivity index (χ4v) is 1.90. The van der Waals surface area contributed by atoms with E-state index < -0.39 is 4.92 Å². The molecule has 1 amide bonds. The first-order valence-electron chi connectivity index (χ1n) is 6.43. The van der Waals surface area contributed by atoms with Crippen molar-refractivity contribution in [2.45, 2.75) is 6.54 Å². The molecule has 0 bridgehead atoms. The largest absolute Gasteiger partial charge is 0.484 e. The third-order valence-corrected chi connectivity index (χ3v) is 3.22. The molecular weight excluding hydrogens is 308 g/mol. The van der Waals surface area contributed by atoms with Gasteiger partial charge >= 0.3 is 0 Å². The van der Waals surface area contributed by atoms with Crippen molar-refractivity contribution >= 4 is 23.2 Å². The van der Waals surface area contributed by atoms with Crippen molar-refractivity contribution in [1.29, 1.82) is 0 Å². The van der Waals surface area contributed by atoms with Gasteiger partial charge in [0, 0.05) is 23.7 Å². The molecule has 0 radical (unpaired) electrons. The Hall–Kier alpha value is -2.60. The predicted molar refractivity (Wildman–Crippen MR) is 81.9 cm³/mol. The first-order chi connectivity index (χ1) is 10.6. The standard InChI is InChI=1S/C15H13ClN2O4/c16-14-4-2-1-3-11(14)9-17-15(19)10-22-13-7-5-12(6-8-13)18(20)21/h1-8H,9-10H2,(H,17,19). The molecule has 0 heterocycles. The Morgan fingerprint density at radius 3 is 2.50 bits per heavy atom. The molecule has 22 heavy (non-hydrogen) atoms. The molecule has 0 saturated carbocycles. The van der Waals surface area contributed by atoms with Crippen LogP contribution in [0, 0.1) is 10.1 Å². The predicted octanol–water partition coefficient (Wildman–Crippen LogP) is 2.94. The summed E-state index contributed by atoms with van der Waals surface area (Å²) in [5, 5.41) is 13.8. The SMILES string of the molecule is O=C(COc1ccc([N+](=O)[O-])cc1)NCc1ccccc1Cl. The van der Waals surface area contributed by atoms with Gasteiger partial charge in [-0.15, -0.1) is 0 Å². The Balaban J connectivity index is 1.80. The van der Waals surface area contributed by atoms with Crippen molar-refractivity contribution in [2.75, 3.05) is 6.61 Å². The molecule has 0 aliphatic carbocycles. The van der Waals surface area contributed by atoms with E-state index in [0.29, 0.717) is 17.3 Å². The highest BCUT2D eigenvalue weighted by molar-refractivity contribution is 6.31. The molecule has 2 aromatic carbocycles. The normalized spacial score (nSPS) is 10.0. The van der Waals surface area contributed by atoms with Gasteiger partial charge in [0.25, 0.3) is 11.6 Å². The van der Waals surface area contributed by atoms with Gasteiger partial charge in [-0.2, -0.15) is 0 Å². The second-order valence-electron chi connectivity index (χ2n) is 4.41. The number of benzene rings is 2. The number of hydrogen-bond acceptors (Lipinski definition) is 4. The molecule has 0 aliphatic rings. The lowest BCUT2D eigenvalue weighted by molar-refractivity contribution is -0.384. The number of rotatable bonds is 6. The molecule has 0 aromatic heterocycles. The maximum atomic E-state index is 11.7. The molecule has 0 fully saturated rings. The molecule has 0 spiro atoms. The van der Waals surface area contributed by atoms with E-state index in [2.05, 4.69) is 5.32 Å². The summed E-state index contributed by atoms with van der Waals surface area (Å²) in [6.45, 7) is 0.129. The van der Waals surface area contributed by atoms with Gasteiger partial charge < -0.3 is 10.1 Å². The summed E-state index contributed by atoms with van der Waals surface area (Å²) < 4.78 is 5.25. The average molecular weight is 321 g/mol. The summed E-state index contributed by atoms with van der Waals surface area (Å²) >= 11 is 5.98. The summed E-state index contributed by atoms with van der Waals surface area (Å²) in [6, 6.07) is 12.7.